The molecule has 0 saturated carbocycles. The minimum atomic E-state index is 0.555. The maximum Gasteiger partial charge on any atom is 0.461 e. The lowest BCUT2D eigenvalue weighted by molar-refractivity contribution is -0.734. The van der Waals surface area contributed by atoms with E-state index in [2.05, 4.69) is 48.5 Å². The van der Waals surface area contributed by atoms with Crippen LogP contribution in [0.15, 0.2) is 128 Å². The summed E-state index contributed by atoms with van der Waals surface area (Å²) in [5.74, 6) is 0.555. The Kier molecular flexibility index (Phi) is 4.99. The van der Waals surface area contributed by atoms with Crippen molar-refractivity contribution in [3.8, 4) is 39.5 Å². The van der Waals surface area contributed by atoms with E-state index < -0.39 is 0 Å². The molecule has 3 nitrogen and oxygen atoms in total. The summed E-state index contributed by atoms with van der Waals surface area (Å²) in [6.45, 7) is 0. The predicted molar refractivity (Wildman–Crippen MR) is 123 cm³/mol. The van der Waals surface area contributed by atoms with Crippen LogP contribution in [0.5, 0.6) is 0 Å². The Balaban J connectivity index is 1.90. The number of benzene rings is 3. The molecule has 0 amide bonds. The lowest BCUT2D eigenvalue weighted by Gasteiger charge is -2.11. The van der Waals surface area contributed by atoms with E-state index in [1.807, 2.05) is 71.3 Å². The summed E-state index contributed by atoms with van der Waals surface area (Å²) < 4.78 is 2.96. The van der Waals surface area contributed by atoms with Crippen molar-refractivity contribution < 1.29 is 9.30 Å². The van der Waals surface area contributed by atoms with Crippen molar-refractivity contribution in [3.05, 3.63) is 133 Å². The van der Waals surface area contributed by atoms with Gasteiger partial charge in [0.15, 0.2) is 6.20 Å². The smallest absolute Gasteiger partial charge is 0.461 e. The summed E-state index contributed by atoms with van der Waals surface area (Å²) in [7, 11) is 0. The van der Waals surface area contributed by atoms with E-state index in [-0.39, 0.29) is 0 Å². The van der Waals surface area contributed by atoms with Gasteiger partial charge in [0.25, 0.3) is 0 Å². The number of pyridine rings is 2. The van der Waals surface area contributed by atoms with Gasteiger partial charge in [-0.2, -0.15) is 0 Å². The average Bonchev–Trinajstić information content (AvgIpc) is 2.85. The second-order valence-corrected chi connectivity index (χ2v) is 7.33. The summed E-state index contributed by atoms with van der Waals surface area (Å²) >= 11 is 0. The van der Waals surface area contributed by atoms with Gasteiger partial charge in [-0.15, -0.1) is 4.73 Å². The van der Waals surface area contributed by atoms with Crippen LogP contribution in [0.1, 0.15) is 0 Å². The van der Waals surface area contributed by atoms with E-state index in [0.717, 1.165) is 38.4 Å². The largest absolute Gasteiger partial charge is 0.614 e. The highest BCUT2D eigenvalue weighted by Gasteiger charge is 2.29. The van der Waals surface area contributed by atoms with Crippen LogP contribution >= 0.6 is 0 Å². The third-order valence-electron chi connectivity index (χ3n) is 5.35. The Hall–Kier alpha value is -4.24. The van der Waals surface area contributed by atoms with E-state index in [4.69, 9.17) is 0 Å². The number of hydrogen-bond donors (Lipinski definition) is 0. The molecule has 0 radical (unpaired) electrons. The van der Waals surface area contributed by atoms with Crippen LogP contribution in [0.2, 0.25) is 0 Å². The zero-order chi connectivity index (χ0) is 21.0. The van der Waals surface area contributed by atoms with E-state index >= 15 is 0 Å². The minimum Gasteiger partial charge on any atom is -0.614 e. The van der Waals surface area contributed by atoms with Gasteiger partial charge in [0.1, 0.15) is 0 Å². The molecule has 5 aromatic rings. The third-order valence-corrected chi connectivity index (χ3v) is 5.35. The summed E-state index contributed by atoms with van der Waals surface area (Å²) in [5, 5.41) is 12.8. The molecule has 0 spiro atoms. The molecule has 5 rings (SSSR count). The Morgan fingerprint density at radius 1 is 0.452 bits per heavy atom. The molecule has 0 aliphatic carbocycles. The van der Waals surface area contributed by atoms with E-state index in [9.17, 15) is 5.21 Å². The molecule has 2 heterocycles. The van der Waals surface area contributed by atoms with Crippen LogP contribution in [0, 0.1) is 5.21 Å². The molecule has 3 aromatic carbocycles. The highest BCUT2D eigenvalue weighted by Crippen LogP contribution is 2.29. The third kappa shape index (κ3) is 3.69. The maximum absolute atomic E-state index is 12.8. The SMILES string of the molecule is [O-][n+]1ccccc1-[n+]1c(-c2ccccc2)cc(-c2ccccc2)cc1-c1ccccc1. The molecule has 0 aliphatic heterocycles. The standard InChI is InChI=1S/C28H21N2O/c31-29-19-11-10-18-28(29)30-26(23-14-6-2-7-15-23)20-25(22-12-4-1-5-13-22)21-27(30)24-16-8-3-9-17-24/h1-21H/q+1. The van der Waals surface area contributed by atoms with Crippen molar-refractivity contribution >= 4 is 0 Å². The molecule has 0 N–H and O–H groups in total. The van der Waals surface area contributed by atoms with Gasteiger partial charge in [-0.25, -0.2) is 0 Å². The molecular weight excluding hydrogens is 380 g/mol. The summed E-state index contributed by atoms with van der Waals surface area (Å²) in [5.41, 5.74) is 6.23. The van der Waals surface area contributed by atoms with Crippen LogP contribution in [-0.2, 0) is 0 Å². The van der Waals surface area contributed by atoms with E-state index in [1.54, 1.807) is 6.07 Å². The molecule has 0 fully saturated rings. The summed E-state index contributed by atoms with van der Waals surface area (Å²) in [6, 6.07) is 40.5. The van der Waals surface area contributed by atoms with Gasteiger partial charge in [0, 0.05) is 29.3 Å². The second-order valence-electron chi connectivity index (χ2n) is 7.33. The molecule has 31 heavy (non-hydrogen) atoms. The van der Waals surface area contributed by atoms with Crippen LogP contribution in [-0.4, -0.2) is 0 Å². The molecule has 0 atom stereocenters. The second kappa shape index (κ2) is 8.25. The monoisotopic (exact) mass is 401 g/mol. The van der Waals surface area contributed by atoms with Gasteiger partial charge in [-0.1, -0.05) is 71.3 Å². The molecular formula is C28H21N2O+. The zero-order valence-electron chi connectivity index (χ0n) is 16.9. The number of nitrogens with zero attached hydrogens (tertiary/aromatic N) is 2. The van der Waals surface area contributed by atoms with Gasteiger partial charge >= 0.3 is 5.82 Å². The fourth-order valence-electron chi connectivity index (χ4n) is 3.87. The highest BCUT2D eigenvalue weighted by molar-refractivity contribution is 5.74. The first-order valence-electron chi connectivity index (χ1n) is 10.3. The molecule has 0 bridgehead atoms. The Morgan fingerprint density at radius 3 is 1.39 bits per heavy atom. The van der Waals surface area contributed by atoms with Gasteiger partial charge in [0.05, 0.1) is 6.07 Å². The van der Waals surface area contributed by atoms with E-state index in [0.29, 0.717) is 5.82 Å². The van der Waals surface area contributed by atoms with Crippen LogP contribution < -0.4 is 9.30 Å². The number of aromatic nitrogens is 2. The first kappa shape index (κ1) is 18.8. The summed E-state index contributed by atoms with van der Waals surface area (Å²) in [6.07, 6.45) is 1.54. The van der Waals surface area contributed by atoms with Crippen molar-refractivity contribution in [1.29, 1.82) is 0 Å². The van der Waals surface area contributed by atoms with Crippen molar-refractivity contribution in [2.75, 3.05) is 0 Å². The lowest BCUT2D eigenvalue weighted by atomic mass is 9.99. The van der Waals surface area contributed by atoms with Crippen molar-refractivity contribution in [2.45, 2.75) is 0 Å². The van der Waals surface area contributed by atoms with Crippen molar-refractivity contribution in [2.24, 2.45) is 0 Å². The van der Waals surface area contributed by atoms with Crippen molar-refractivity contribution in [3.63, 3.8) is 0 Å². The van der Waals surface area contributed by atoms with Crippen LogP contribution in [0.3, 0.4) is 0 Å². The first-order valence-corrected chi connectivity index (χ1v) is 10.3. The van der Waals surface area contributed by atoms with E-state index in [1.165, 1.54) is 6.20 Å². The topological polar surface area (TPSA) is 30.8 Å². The molecule has 0 aliphatic rings. The molecule has 0 unspecified atom stereocenters. The number of hydrogen-bond acceptors (Lipinski definition) is 1. The quantitative estimate of drug-likeness (QED) is 0.285. The number of rotatable bonds is 4. The Labute approximate surface area is 181 Å². The summed E-state index contributed by atoms with van der Waals surface area (Å²) in [4.78, 5) is 0. The van der Waals surface area contributed by atoms with Gasteiger partial charge < -0.3 is 5.21 Å². The normalized spacial score (nSPS) is 10.7. The first-order chi connectivity index (χ1) is 15.3. The zero-order valence-corrected chi connectivity index (χ0v) is 16.9. The molecule has 148 valence electrons. The Morgan fingerprint density at radius 2 is 0.903 bits per heavy atom. The minimum absolute atomic E-state index is 0.555. The molecule has 0 saturated heterocycles. The van der Waals surface area contributed by atoms with Crippen molar-refractivity contribution in [1.82, 2.24) is 0 Å². The fraction of sp³-hybridized carbons (Fsp3) is 0. The predicted octanol–water partition coefficient (Wildman–Crippen LogP) is 5.60. The molecule has 3 heteroatoms. The fourth-order valence-corrected chi connectivity index (χ4v) is 3.87. The van der Waals surface area contributed by atoms with Crippen LogP contribution in [0.25, 0.3) is 39.5 Å². The lowest BCUT2D eigenvalue weighted by Crippen LogP contribution is -2.48. The average molecular weight is 401 g/mol. The van der Waals surface area contributed by atoms with Crippen LogP contribution in [0.4, 0.5) is 0 Å². The maximum atomic E-state index is 12.8. The van der Waals surface area contributed by atoms with Gasteiger partial charge in [0.2, 0.25) is 11.4 Å². The molecule has 2 aromatic heterocycles. The van der Waals surface area contributed by atoms with Gasteiger partial charge in [-0.05, 0) is 41.5 Å². The Bertz CT molecular complexity index is 1260. The highest BCUT2D eigenvalue weighted by atomic mass is 16.5. The van der Waals surface area contributed by atoms with Gasteiger partial charge in [-0.3, -0.25) is 0 Å².